The smallest absolute Gasteiger partial charge is 0.125 e. The number of aliphatic hydroxyl groups excluding tert-OH is 1. The monoisotopic (exact) mass is 221 g/mol. The largest absolute Gasteiger partial charge is 0.665 e. The molecule has 0 aromatic carbocycles. The van der Waals surface area contributed by atoms with Crippen LogP contribution >= 0.6 is 0 Å². The number of hydrogen-bond acceptors (Lipinski definition) is 2. The van der Waals surface area contributed by atoms with Crippen molar-refractivity contribution in [1.29, 1.82) is 0 Å². The van der Waals surface area contributed by atoms with Crippen molar-refractivity contribution in [3.63, 3.8) is 0 Å². The Labute approximate surface area is 79.9 Å². The quantitative estimate of drug-likeness (QED) is 0.488. The second-order valence-electron chi connectivity index (χ2n) is 2.58. The molecule has 0 amide bonds. The van der Waals surface area contributed by atoms with Crippen LogP contribution in [0.15, 0.2) is 0 Å². The average Bonchev–Trinajstić information content (AvgIpc) is 1.67. The summed E-state index contributed by atoms with van der Waals surface area (Å²) in [7, 11) is 0. The van der Waals surface area contributed by atoms with E-state index < -0.39 is 0 Å². The molecule has 58 valence electrons. The molecule has 0 aliphatic rings. The van der Waals surface area contributed by atoms with Gasteiger partial charge in [0, 0.05) is 31.6 Å². The van der Waals surface area contributed by atoms with E-state index in [1.807, 2.05) is 20.8 Å². The Morgan fingerprint density at radius 2 is 1.50 bits per heavy atom. The molecule has 0 heterocycles. The van der Waals surface area contributed by atoms with E-state index >= 15 is 0 Å². The molecule has 1 N–H and O–H groups in total. The van der Waals surface area contributed by atoms with E-state index in [2.05, 4.69) is 0 Å². The van der Waals surface area contributed by atoms with Gasteiger partial charge in [0.05, 0.1) is 0 Å². The maximum absolute atomic E-state index is 9.83. The van der Waals surface area contributed by atoms with E-state index in [0.717, 1.165) is 6.29 Å². The van der Waals surface area contributed by atoms with Gasteiger partial charge in [-0.05, 0) is 0 Å². The van der Waals surface area contributed by atoms with Crippen LogP contribution in [0.4, 0.5) is 0 Å². The molecule has 0 unspecified atom stereocenters. The number of hydrogen-bond donors (Lipinski definition) is 1. The predicted molar refractivity (Wildman–Crippen MR) is 33.8 cm³/mol. The van der Waals surface area contributed by atoms with Gasteiger partial charge in [0.15, 0.2) is 0 Å². The maximum Gasteiger partial charge on any atom is 0.125 e. The molecular formula is C6H11O3Zr-. The second kappa shape index (κ2) is 9.02. The number of rotatable bonds is 0. The third-order valence-corrected chi connectivity index (χ3v) is 0.354. The van der Waals surface area contributed by atoms with Crippen LogP contribution in [0.5, 0.6) is 0 Å². The zero-order valence-electron chi connectivity index (χ0n) is 6.34. The van der Waals surface area contributed by atoms with E-state index in [-0.39, 0.29) is 31.6 Å². The Morgan fingerprint density at radius 1 is 1.40 bits per heavy atom. The van der Waals surface area contributed by atoms with Crippen molar-refractivity contribution in [2.75, 3.05) is 0 Å². The van der Waals surface area contributed by atoms with E-state index in [1.165, 1.54) is 0 Å². The van der Waals surface area contributed by atoms with Crippen LogP contribution in [0, 0.1) is 5.41 Å². The summed E-state index contributed by atoms with van der Waals surface area (Å²) < 4.78 is 0. The minimum atomic E-state index is -0.139. The van der Waals surface area contributed by atoms with Gasteiger partial charge in [-0.3, -0.25) is 0 Å². The van der Waals surface area contributed by atoms with Gasteiger partial charge in [-0.25, -0.2) is 0 Å². The molecule has 4 heteroatoms. The molecule has 0 radical (unpaired) electrons. The summed E-state index contributed by atoms with van der Waals surface area (Å²) in [5.41, 5.74) is -0.139. The molecule has 0 aliphatic carbocycles. The fourth-order valence-electron chi connectivity index (χ4n) is 0. The summed E-state index contributed by atoms with van der Waals surface area (Å²) in [6.45, 7) is 6.12. The summed E-state index contributed by atoms with van der Waals surface area (Å²) in [5, 5.41) is 6.76. The van der Waals surface area contributed by atoms with Crippen molar-refractivity contribution in [3.8, 4) is 0 Å². The molecule has 0 bridgehead atoms. The Hall–Kier alpha value is 0.0231. The molecule has 0 spiro atoms. The van der Waals surface area contributed by atoms with Crippen molar-refractivity contribution in [1.82, 2.24) is 0 Å². The van der Waals surface area contributed by atoms with E-state index in [9.17, 15) is 4.79 Å². The molecule has 0 aromatic heterocycles. The summed E-state index contributed by atoms with van der Waals surface area (Å²) in [6, 6.07) is 0. The van der Waals surface area contributed by atoms with Crippen LogP contribution in [0.3, 0.4) is 0 Å². The van der Waals surface area contributed by atoms with Crippen molar-refractivity contribution in [2.45, 2.75) is 20.8 Å². The number of carbonyl (C=O) groups excluding carboxylic acids is 1. The van der Waals surface area contributed by atoms with Gasteiger partial charge in [0.2, 0.25) is 0 Å². The molecule has 0 saturated carbocycles. The normalized spacial score (nSPS) is 7.90. The topological polar surface area (TPSA) is 54.4 Å². The van der Waals surface area contributed by atoms with Crippen LogP contribution < -0.4 is 0 Å². The standard InChI is InChI=1S/C5H10O.CHO2.Zr/c1-5(2,3)4-6;2-1-3;/h4H,1-3H3;(H,2,3);/q;-1;. The first kappa shape index (κ1) is 16.5. The number of carbonyl (C=O) groups is 1. The van der Waals surface area contributed by atoms with Crippen molar-refractivity contribution in [2.24, 2.45) is 5.41 Å². The minimum absolute atomic E-state index is 0. The fourth-order valence-corrected chi connectivity index (χ4v) is 0. The molecular weight excluding hydrogens is 211 g/mol. The predicted octanol–water partition coefficient (Wildman–Crippen LogP) is 0.841. The van der Waals surface area contributed by atoms with Gasteiger partial charge in [-0.1, -0.05) is 27.2 Å². The molecule has 0 rings (SSSR count). The van der Waals surface area contributed by atoms with Crippen molar-refractivity contribution >= 4 is 12.8 Å². The summed E-state index contributed by atoms with van der Waals surface area (Å²) in [6.07, 6.45) is 0.938. The summed E-state index contributed by atoms with van der Waals surface area (Å²) >= 11 is 0. The average molecular weight is 222 g/mol. The van der Waals surface area contributed by atoms with Gasteiger partial charge in [-0.15, -0.1) is 0 Å². The van der Waals surface area contributed by atoms with Crippen LogP contribution in [0.25, 0.3) is 0 Å². The van der Waals surface area contributed by atoms with Gasteiger partial charge in [0.25, 0.3) is 0 Å². The molecule has 0 fully saturated rings. The molecule has 3 nitrogen and oxygen atoms in total. The van der Waals surface area contributed by atoms with Crippen LogP contribution in [0.2, 0.25) is 0 Å². The first-order valence-electron chi connectivity index (χ1n) is 2.45. The Balaban J connectivity index is -0.000000107. The second-order valence-corrected chi connectivity index (χ2v) is 2.58. The van der Waals surface area contributed by atoms with Crippen molar-refractivity contribution < 1.29 is 40.9 Å². The zero-order chi connectivity index (χ0) is 7.91. The Morgan fingerprint density at radius 3 is 1.50 bits per heavy atom. The minimum Gasteiger partial charge on any atom is -0.665 e. The van der Waals surface area contributed by atoms with Crippen molar-refractivity contribution in [3.05, 3.63) is 0 Å². The Kier molecular flexibility index (Phi) is 14.9. The van der Waals surface area contributed by atoms with Gasteiger partial charge >= 0.3 is 0 Å². The summed E-state index contributed by atoms with van der Waals surface area (Å²) in [5.74, 6) is 0. The van der Waals surface area contributed by atoms with E-state index in [4.69, 9.17) is 9.90 Å². The fraction of sp³-hybridized carbons (Fsp3) is 0.667. The van der Waals surface area contributed by atoms with E-state index in [0.29, 0.717) is 6.47 Å². The third-order valence-electron chi connectivity index (χ3n) is 0.354. The maximum atomic E-state index is 9.83. The van der Waals surface area contributed by atoms with Gasteiger partial charge in [0.1, 0.15) is 6.29 Å². The SMILES string of the molecule is CC(C)(C)C=O.O=[C-]O.[Zr]. The first-order chi connectivity index (χ1) is 3.97. The molecule has 0 atom stereocenters. The molecule has 0 aromatic rings. The third kappa shape index (κ3) is 43.3. The van der Waals surface area contributed by atoms with Crippen LogP contribution in [0.1, 0.15) is 20.8 Å². The van der Waals surface area contributed by atoms with Crippen LogP contribution in [-0.2, 0) is 35.8 Å². The Bertz CT molecular complexity index is 85.5. The van der Waals surface area contributed by atoms with E-state index in [1.54, 1.807) is 0 Å². The molecule has 0 saturated heterocycles. The first-order valence-corrected chi connectivity index (χ1v) is 2.45. The van der Waals surface area contributed by atoms with Gasteiger partial charge < -0.3 is 14.7 Å². The zero-order valence-corrected chi connectivity index (χ0v) is 8.80. The molecule has 10 heavy (non-hydrogen) atoms. The van der Waals surface area contributed by atoms with Crippen LogP contribution in [-0.4, -0.2) is 17.9 Å². The molecule has 0 aliphatic heterocycles. The van der Waals surface area contributed by atoms with Gasteiger partial charge in [-0.2, -0.15) is 0 Å². The summed E-state index contributed by atoms with van der Waals surface area (Å²) in [4.78, 5) is 18.1. The number of aldehydes is 1.